The molecule has 19 heavy (non-hydrogen) atoms. The van der Waals surface area contributed by atoms with Gasteiger partial charge in [0, 0.05) is 12.2 Å². The fourth-order valence-corrected chi connectivity index (χ4v) is 1.95. The first-order chi connectivity index (χ1) is 9.17. The van der Waals surface area contributed by atoms with Gasteiger partial charge in [0.05, 0.1) is 0 Å². The minimum Gasteiger partial charge on any atom is -0.375 e. The maximum atomic E-state index is 13.7. The van der Waals surface area contributed by atoms with Gasteiger partial charge in [-0.25, -0.2) is 0 Å². The molecule has 0 aliphatic rings. The maximum absolute atomic E-state index is 13.7. The second-order valence-electron chi connectivity index (χ2n) is 4.89. The number of alkyl halides is 2. The van der Waals surface area contributed by atoms with E-state index in [0.29, 0.717) is 6.61 Å². The fourth-order valence-electron chi connectivity index (χ4n) is 1.95. The summed E-state index contributed by atoms with van der Waals surface area (Å²) in [6, 6.07) is 7.85. The van der Waals surface area contributed by atoms with Gasteiger partial charge in [0.2, 0.25) is 0 Å². The lowest BCUT2D eigenvalue weighted by Crippen LogP contribution is -2.21. The third-order valence-corrected chi connectivity index (χ3v) is 3.12. The Hall–Kier alpha value is -0.960. The number of halogens is 2. The summed E-state index contributed by atoms with van der Waals surface area (Å²) in [5, 5.41) is 0. The summed E-state index contributed by atoms with van der Waals surface area (Å²) in [5.41, 5.74) is 0.0259. The van der Waals surface area contributed by atoms with E-state index in [4.69, 9.17) is 4.74 Å². The molecule has 0 radical (unpaired) electrons. The van der Waals surface area contributed by atoms with Crippen molar-refractivity contribution in [3.8, 4) is 0 Å². The largest absolute Gasteiger partial charge is 0.375 e. The number of benzene rings is 1. The standard InChI is InChI=1S/C16H24F2O/c1-2-3-4-5-6-10-13-19-14-16(17,18)15-11-8-7-9-12-15/h7-9,11-12H,2-6,10,13-14H2,1H3. The van der Waals surface area contributed by atoms with E-state index in [-0.39, 0.29) is 5.56 Å². The molecule has 0 saturated heterocycles. The second kappa shape index (κ2) is 9.03. The van der Waals surface area contributed by atoms with Gasteiger partial charge in [-0.2, -0.15) is 8.78 Å². The van der Waals surface area contributed by atoms with Crippen LogP contribution in [0.1, 0.15) is 51.0 Å². The molecule has 108 valence electrons. The van der Waals surface area contributed by atoms with Gasteiger partial charge in [-0.3, -0.25) is 0 Å². The van der Waals surface area contributed by atoms with Crippen LogP contribution in [0.15, 0.2) is 30.3 Å². The summed E-state index contributed by atoms with van der Waals surface area (Å²) in [5.74, 6) is -2.89. The van der Waals surface area contributed by atoms with Crippen molar-refractivity contribution in [3.63, 3.8) is 0 Å². The third kappa shape index (κ3) is 6.67. The summed E-state index contributed by atoms with van der Waals surface area (Å²) in [7, 11) is 0. The van der Waals surface area contributed by atoms with Crippen LogP contribution >= 0.6 is 0 Å². The van der Waals surface area contributed by atoms with E-state index in [1.54, 1.807) is 18.2 Å². The smallest absolute Gasteiger partial charge is 0.296 e. The normalized spacial score (nSPS) is 11.7. The molecule has 0 fully saturated rings. The lowest BCUT2D eigenvalue weighted by atomic mass is 10.1. The Balaban J connectivity index is 2.12. The van der Waals surface area contributed by atoms with Gasteiger partial charge < -0.3 is 4.74 Å². The van der Waals surface area contributed by atoms with E-state index in [2.05, 4.69) is 6.92 Å². The first kappa shape index (κ1) is 16.1. The zero-order valence-corrected chi connectivity index (χ0v) is 11.7. The van der Waals surface area contributed by atoms with Crippen LogP contribution < -0.4 is 0 Å². The summed E-state index contributed by atoms with van der Waals surface area (Å²) in [4.78, 5) is 0. The van der Waals surface area contributed by atoms with Crippen molar-refractivity contribution in [2.75, 3.05) is 13.2 Å². The van der Waals surface area contributed by atoms with Gasteiger partial charge in [0.1, 0.15) is 6.61 Å². The minimum atomic E-state index is -2.89. The van der Waals surface area contributed by atoms with Gasteiger partial charge in [0.25, 0.3) is 5.92 Å². The van der Waals surface area contributed by atoms with Gasteiger partial charge >= 0.3 is 0 Å². The van der Waals surface area contributed by atoms with Gasteiger partial charge in [0.15, 0.2) is 0 Å². The molecule has 0 unspecified atom stereocenters. The average molecular weight is 270 g/mol. The lowest BCUT2D eigenvalue weighted by Gasteiger charge is -2.16. The van der Waals surface area contributed by atoms with E-state index < -0.39 is 12.5 Å². The highest BCUT2D eigenvalue weighted by Crippen LogP contribution is 2.27. The molecule has 0 aliphatic heterocycles. The zero-order chi connectivity index (χ0) is 14.0. The predicted molar refractivity (Wildman–Crippen MR) is 74.5 cm³/mol. The van der Waals surface area contributed by atoms with E-state index in [9.17, 15) is 8.78 Å². The molecule has 0 N–H and O–H groups in total. The molecule has 0 atom stereocenters. The summed E-state index contributed by atoms with van der Waals surface area (Å²) >= 11 is 0. The summed E-state index contributed by atoms with van der Waals surface area (Å²) < 4.78 is 32.5. The van der Waals surface area contributed by atoms with Crippen LogP contribution in [0.4, 0.5) is 8.78 Å². The molecule has 1 aromatic carbocycles. The number of hydrogen-bond donors (Lipinski definition) is 0. The first-order valence-corrected chi connectivity index (χ1v) is 7.18. The minimum absolute atomic E-state index is 0.0259. The Bertz CT molecular complexity index is 325. The Morgan fingerprint density at radius 1 is 0.947 bits per heavy atom. The highest BCUT2D eigenvalue weighted by molar-refractivity contribution is 5.19. The first-order valence-electron chi connectivity index (χ1n) is 7.18. The third-order valence-electron chi connectivity index (χ3n) is 3.12. The molecule has 0 aromatic heterocycles. The fraction of sp³-hybridized carbons (Fsp3) is 0.625. The molecule has 1 nitrogen and oxygen atoms in total. The molecule has 0 heterocycles. The lowest BCUT2D eigenvalue weighted by molar-refractivity contribution is -0.0831. The molecule has 0 amide bonds. The van der Waals surface area contributed by atoms with Crippen molar-refractivity contribution in [1.29, 1.82) is 0 Å². The van der Waals surface area contributed by atoms with Crippen molar-refractivity contribution >= 4 is 0 Å². The molecule has 0 spiro atoms. The van der Waals surface area contributed by atoms with Crippen LogP contribution in [0.5, 0.6) is 0 Å². The molecular weight excluding hydrogens is 246 g/mol. The second-order valence-corrected chi connectivity index (χ2v) is 4.89. The van der Waals surface area contributed by atoms with Crippen molar-refractivity contribution < 1.29 is 13.5 Å². The van der Waals surface area contributed by atoms with E-state index >= 15 is 0 Å². The Kier molecular flexibility index (Phi) is 7.65. The SMILES string of the molecule is CCCCCCCCOCC(F)(F)c1ccccc1. The summed E-state index contributed by atoms with van der Waals surface area (Å²) in [6.45, 7) is 2.08. The topological polar surface area (TPSA) is 9.23 Å². The molecule has 0 saturated carbocycles. The molecular formula is C16H24F2O. The molecule has 1 rings (SSSR count). The van der Waals surface area contributed by atoms with Crippen LogP contribution in [-0.4, -0.2) is 13.2 Å². The van der Waals surface area contributed by atoms with Crippen LogP contribution in [0.3, 0.4) is 0 Å². The van der Waals surface area contributed by atoms with Crippen molar-refractivity contribution in [2.45, 2.75) is 51.4 Å². The van der Waals surface area contributed by atoms with Gasteiger partial charge in [-0.15, -0.1) is 0 Å². The number of rotatable bonds is 10. The molecule has 0 bridgehead atoms. The molecule has 1 aromatic rings. The number of unbranched alkanes of at least 4 members (excludes halogenated alkanes) is 5. The Morgan fingerprint density at radius 3 is 2.26 bits per heavy atom. The quantitative estimate of drug-likeness (QED) is 0.534. The maximum Gasteiger partial charge on any atom is 0.296 e. The van der Waals surface area contributed by atoms with Gasteiger partial charge in [-0.05, 0) is 6.42 Å². The van der Waals surface area contributed by atoms with Crippen molar-refractivity contribution in [2.24, 2.45) is 0 Å². The number of hydrogen-bond acceptors (Lipinski definition) is 1. The number of ether oxygens (including phenoxy) is 1. The monoisotopic (exact) mass is 270 g/mol. The zero-order valence-electron chi connectivity index (χ0n) is 11.7. The Morgan fingerprint density at radius 2 is 1.58 bits per heavy atom. The van der Waals surface area contributed by atoms with Crippen molar-refractivity contribution in [3.05, 3.63) is 35.9 Å². The van der Waals surface area contributed by atoms with Crippen LogP contribution in [0.2, 0.25) is 0 Å². The van der Waals surface area contributed by atoms with Crippen molar-refractivity contribution in [1.82, 2.24) is 0 Å². The molecule has 0 aliphatic carbocycles. The highest BCUT2D eigenvalue weighted by Gasteiger charge is 2.31. The van der Waals surface area contributed by atoms with E-state index in [1.807, 2.05) is 0 Å². The van der Waals surface area contributed by atoms with Crippen LogP contribution in [0.25, 0.3) is 0 Å². The average Bonchev–Trinajstić information content (AvgIpc) is 2.43. The van der Waals surface area contributed by atoms with E-state index in [0.717, 1.165) is 12.8 Å². The van der Waals surface area contributed by atoms with Crippen LogP contribution in [0, 0.1) is 0 Å². The summed E-state index contributed by atoms with van der Waals surface area (Å²) in [6.07, 6.45) is 6.82. The predicted octanol–water partition coefficient (Wildman–Crippen LogP) is 5.16. The molecule has 3 heteroatoms. The van der Waals surface area contributed by atoms with Crippen LogP contribution in [-0.2, 0) is 10.7 Å². The van der Waals surface area contributed by atoms with E-state index in [1.165, 1.54) is 37.8 Å². The van der Waals surface area contributed by atoms with Gasteiger partial charge in [-0.1, -0.05) is 69.4 Å². The Labute approximate surface area is 115 Å². The highest BCUT2D eigenvalue weighted by atomic mass is 19.3.